The number of likely N-dealkylation sites (N-methyl/N-ethyl adjacent to an activating group) is 1. The monoisotopic (exact) mass is 740 g/mol. The van der Waals surface area contributed by atoms with Crippen LogP contribution in [0, 0.1) is 0 Å². The molecule has 51 heavy (non-hydrogen) atoms. The molecule has 0 spiro atoms. The number of rotatable bonds is 36. The maximum atomic E-state index is 12.8. The minimum atomic E-state index is -4.35. The number of hydrogen-bond donors (Lipinski definition) is 3. The van der Waals surface area contributed by atoms with Crippen LogP contribution in [0.3, 0.4) is 0 Å². The Morgan fingerprint density at radius 2 is 1.08 bits per heavy atom. The van der Waals surface area contributed by atoms with E-state index >= 15 is 0 Å². The number of amides is 1. The van der Waals surface area contributed by atoms with Gasteiger partial charge >= 0.3 is 7.82 Å². The lowest BCUT2D eigenvalue weighted by atomic mass is 10.1. The van der Waals surface area contributed by atoms with Gasteiger partial charge in [-0.25, -0.2) is 4.57 Å². The Labute approximate surface area is 314 Å². The molecule has 9 heteroatoms. The number of unbranched alkanes of at least 4 members (excludes halogenated alkanes) is 17. The summed E-state index contributed by atoms with van der Waals surface area (Å²) in [7, 11) is 1.53. The number of quaternary nitrogens is 1. The summed E-state index contributed by atoms with van der Waals surface area (Å²) in [5, 5.41) is 13.7. The first-order valence-electron chi connectivity index (χ1n) is 20.5. The fourth-order valence-electron chi connectivity index (χ4n) is 5.42. The third-order valence-electron chi connectivity index (χ3n) is 8.75. The van der Waals surface area contributed by atoms with Gasteiger partial charge < -0.3 is 19.8 Å². The van der Waals surface area contributed by atoms with Gasteiger partial charge in [-0.05, 0) is 70.6 Å². The minimum Gasteiger partial charge on any atom is -0.387 e. The van der Waals surface area contributed by atoms with Gasteiger partial charge in [0.05, 0.1) is 39.9 Å². The minimum absolute atomic E-state index is 0.0507. The average Bonchev–Trinajstić information content (AvgIpc) is 3.07. The Balaban J connectivity index is 4.60. The fraction of sp³-hybridized carbons (Fsp3) is 0.786. The lowest BCUT2D eigenvalue weighted by molar-refractivity contribution is -0.870. The van der Waals surface area contributed by atoms with Crippen molar-refractivity contribution in [3.63, 3.8) is 0 Å². The van der Waals surface area contributed by atoms with Crippen LogP contribution in [-0.2, 0) is 18.4 Å². The highest BCUT2D eigenvalue weighted by atomic mass is 31.2. The maximum absolute atomic E-state index is 12.8. The molecule has 8 nitrogen and oxygen atoms in total. The van der Waals surface area contributed by atoms with Gasteiger partial charge in [0.1, 0.15) is 13.2 Å². The van der Waals surface area contributed by atoms with Crippen LogP contribution < -0.4 is 5.32 Å². The van der Waals surface area contributed by atoms with E-state index in [0.717, 1.165) is 57.8 Å². The molecule has 0 saturated heterocycles. The standard InChI is InChI=1S/C42H79N2O6P/c1-6-8-10-12-14-16-18-20-22-23-25-27-29-31-33-35-41(45)40(39-50-51(47,48)49-38-37-44(3,4)5)43-42(46)36-34-32-30-28-26-24-21-19-17-15-13-11-9-7-2/h18-21,25,27,33,35,40-41,45H,6-17,22-24,26,28-32,34,36-39H2,1-5H3,(H-,43,46,47,48)/p+1/b20-18+,21-19-,27-25+,35-33+. The van der Waals surface area contributed by atoms with Crippen LogP contribution in [0.2, 0.25) is 0 Å². The molecule has 3 atom stereocenters. The van der Waals surface area contributed by atoms with Crippen molar-refractivity contribution in [3.8, 4) is 0 Å². The van der Waals surface area contributed by atoms with E-state index < -0.39 is 20.0 Å². The number of carbonyl (C=O) groups is 1. The summed E-state index contributed by atoms with van der Waals surface area (Å²) in [5.74, 6) is -0.204. The van der Waals surface area contributed by atoms with E-state index in [9.17, 15) is 19.4 Å². The lowest BCUT2D eigenvalue weighted by Crippen LogP contribution is -2.45. The van der Waals surface area contributed by atoms with Crippen molar-refractivity contribution in [1.82, 2.24) is 5.32 Å². The van der Waals surface area contributed by atoms with Crippen LogP contribution in [0.15, 0.2) is 48.6 Å². The molecule has 0 aliphatic rings. The Bertz CT molecular complexity index is 975. The van der Waals surface area contributed by atoms with E-state index in [1.807, 2.05) is 27.2 Å². The third-order valence-corrected chi connectivity index (χ3v) is 9.73. The summed E-state index contributed by atoms with van der Waals surface area (Å²) >= 11 is 0. The normalized spacial score (nSPS) is 15.0. The predicted molar refractivity (Wildman–Crippen MR) is 217 cm³/mol. The molecule has 0 aromatic heterocycles. The summed E-state index contributed by atoms with van der Waals surface area (Å²) in [4.78, 5) is 23.0. The molecular formula is C42H80N2O6P+. The molecule has 0 saturated carbocycles. The number of phosphoric ester groups is 1. The summed E-state index contributed by atoms with van der Waals surface area (Å²) in [6, 6.07) is -0.872. The first-order chi connectivity index (χ1) is 24.5. The van der Waals surface area contributed by atoms with Crippen molar-refractivity contribution in [2.75, 3.05) is 40.9 Å². The maximum Gasteiger partial charge on any atom is 0.472 e. The highest BCUT2D eigenvalue weighted by molar-refractivity contribution is 7.47. The summed E-state index contributed by atoms with van der Waals surface area (Å²) in [5.41, 5.74) is 0. The van der Waals surface area contributed by atoms with E-state index in [0.29, 0.717) is 17.4 Å². The first-order valence-corrected chi connectivity index (χ1v) is 22.0. The van der Waals surface area contributed by atoms with E-state index in [2.05, 4.69) is 55.6 Å². The molecule has 1 amide bonds. The van der Waals surface area contributed by atoms with Gasteiger partial charge in [-0.1, -0.05) is 133 Å². The molecule has 3 unspecified atom stereocenters. The number of carbonyl (C=O) groups excluding carboxylic acids is 1. The van der Waals surface area contributed by atoms with Crippen molar-refractivity contribution >= 4 is 13.7 Å². The lowest BCUT2D eigenvalue weighted by Gasteiger charge is -2.25. The number of nitrogens with one attached hydrogen (secondary N) is 1. The SMILES string of the molecule is CCCCCCC/C=C\CCCCCCCC(=O)NC(COP(=O)(O)OCC[N+](C)(C)C)C(O)/C=C/CC/C=C/CC/C=C/CCCCCCC. The molecule has 0 aliphatic heterocycles. The van der Waals surface area contributed by atoms with Crippen LogP contribution in [0.25, 0.3) is 0 Å². The highest BCUT2D eigenvalue weighted by Crippen LogP contribution is 2.43. The molecule has 0 aliphatic carbocycles. The molecule has 0 bridgehead atoms. The van der Waals surface area contributed by atoms with Gasteiger partial charge in [0.15, 0.2) is 0 Å². The van der Waals surface area contributed by atoms with Gasteiger partial charge in [-0.3, -0.25) is 13.8 Å². The largest absolute Gasteiger partial charge is 0.472 e. The van der Waals surface area contributed by atoms with Crippen LogP contribution in [0.1, 0.15) is 162 Å². The zero-order valence-electron chi connectivity index (χ0n) is 33.6. The van der Waals surface area contributed by atoms with Crippen molar-refractivity contribution < 1.29 is 32.9 Å². The van der Waals surface area contributed by atoms with Crippen molar-refractivity contribution in [1.29, 1.82) is 0 Å². The quantitative estimate of drug-likeness (QED) is 0.0256. The van der Waals surface area contributed by atoms with Crippen molar-refractivity contribution in [2.45, 2.75) is 174 Å². The number of phosphoric acid groups is 1. The predicted octanol–water partition coefficient (Wildman–Crippen LogP) is 10.9. The molecule has 3 N–H and O–H groups in total. The van der Waals surface area contributed by atoms with Crippen LogP contribution in [0.4, 0.5) is 0 Å². The molecular weight excluding hydrogens is 659 g/mol. The Kier molecular flexibility index (Phi) is 33.2. The molecule has 0 heterocycles. The van der Waals surface area contributed by atoms with E-state index in [4.69, 9.17) is 9.05 Å². The van der Waals surface area contributed by atoms with Gasteiger partial charge in [0, 0.05) is 6.42 Å². The van der Waals surface area contributed by atoms with Gasteiger partial charge in [0.25, 0.3) is 0 Å². The molecule has 0 rings (SSSR count). The second-order valence-electron chi connectivity index (χ2n) is 15.0. The molecule has 0 aromatic rings. The number of aliphatic hydroxyl groups is 1. The number of allylic oxidation sites excluding steroid dienone is 7. The fourth-order valence-corrected chi connectivity index (χ4v) is 6.15. The summed E-state index contributed by atoms with van der Waals surface area (Å²) in [6.07, 6.45) is 41.7. The average molecular weight is 740 g/mol. The van der Waals surface area contributed by atoms with Crippen LogP contribution in [-0.4, -0.2) is 73.4 Å². The Morgan fingerprint density at radius 3 is 1.57 bits per heavy atom. The van der Waals surface area contributed by atoms with E-state index in [1.165, 1.54) is 83.5 Å². The Morgan fingerprint density at radius 1 is 0.647 bits per heavy atom. The Hall–Kier alpha value is -1.54. The number of hydrogen-bond acceptors (Lipinski definition) is 5. The van der Waals surface area contributed by atoms with Gasteiger partial charge in [-0.2, -0.15) is 0 Å². The highest BCUT2D eigenvalue weighted by Gasteiger charge is 2.27. The third kappa shape index (κ3) is 36.6. The van der Waals surface area contributed by atoms with Crippen molar-refractivity contribution in [3.05, 3.63) is 48.6 Å². The topological polar surface area (TPSA) is 105 Å². The van der Waals surface area contributed by atoms with Gasteiger partial charge in [0.2, 0.25) is 5.91 Å². The smallest absolute Gasteiger partial charge is 0.387 e. The molecule has 0 fully saturated rings. The molecule has 298 valence electrons. The van der Waals surface area contributed by atoms with Crippen LogP contribution in [0.5, 0.6) is 0 Å². The second kappa shape index (κ2) is 34.2. The number of nitrogens with zero attached hydrogens (tertiary/aromatic N) is 1. The zero-order valence-corrected chi connectivity index (χ0v) is 34.5. The molecule has 0 radical (unpaired) electrons. The summed E-state index contributed by atoms with van der Waals surface area (Å²) in [6.45, 7) is 4.73. The molecule has 0 aromatic carbocycles. The van der Waals surface area contributed by atoms with E-state index in [1.54, 1.807) is 6.08 Å². The summed E-state index contributed by atoms with van der Waals surface area (Å²) < 4.78 is 23.5. The zero-order chi connectivity index (χ0) is 37.9. The second-order valence-corrected chi connectivity index (χ2v) is 16.4. The van der Waals surface area contributed by atoms with E-state index in [-0.39, 0.29) is 19.1 Å². The first kappa shape index (κ1) is 49.5. The van der Waals surface area contributed by atoms with Crippen molar-refractivity contribution in [2.24, 2.45) is 0 Å². The van der Waals surface area contributed by atoms with Gasteiger partial charge in [-0.15, -0.1) is 0 Å². The van der Waals surface area contributed by atoms with Crippen LogP contribution >= 0.6 is 7.82 Å². The number of aliphatic hydroxyl groups excluding tert-OH is 1.